The lowest BCUT2D eigenvalue weighted by Gasteiger charge is -2.50. The molecule has 0 bridgehead atoms. The van der Waals surface area contributed by atoms with Crippen molar-refractivity contribution in [3.05, 3.63) is 51.8 Å². The van der Waals surface area contributed by atoms with Gasteiger partial charge in [-0.05, 0) is 69.5 Å². The molecule has 180 valence electrons. The predicted octanol–water partition coefficient (Wildman–Crippen LogP) is 1.31. The Labute approximate surface area is 196 Å². The number of nitrogens with two attached hydrogens (primary N) is 1. The van der Waals surface area contributed by atoms with E-state index in [1.807, 2.05) is 0 Å². The van der Waals surface area contributed by atoms with E-state index >= 15 is 0 Å². The standard InChI is InChI=1S/C25H28N2O7/c1-9(2)12-6-10(3)19(28)16-13(12)7-11-8-14-18(27(4)5)21(30)17(24(26)33)23(32)25(14,34)22(31)15(11)20(16)29/h6,11,14,18,28-29,32,34H,1,7-8H2,2-5H3,(H2,26,33)/t11?,14?,18-,25-/m0/s1. The number of phenolic OH excluding ortho intramolecular Hbond substituents is 1. The van der Waals surface area contributed by atoms with E-state index in [-0.39, 0.29) is 29.7 Å². The number of benzene rings is 1. The van der Waals surface area contributed by atoms with Crippen molar-refractivity contribution in [1.29, 1.82) is 0 Å². The van der Waals surface area contributed by atoms with Crippen molar-refractivity contribution in [2.75, 3.05) is 14.1 Å². The monoisotopic (exact) mass is 468 g/mol. The van der Waals surface area contributed by atoms with Crippen molar-refractivity contribution in [3.8, 4) is 5.75 Å². The van der Waals surface area contributed by atoms with Crippen LogP contribution in [0.1, 0.15) is 35.6 Å². The predicted molar refractivity (Wildman–Crippen MR) is 124 cm³/mol. The van der Waals surface area contributed by atoms with E-state index in [1.54, 1.807) is 34.0 Å². The highest BCUT2D eigenvalue weighted by Crippen LogP contribution is 2.53. The highest BCUT2D eigenvalue weighted by molar-refractivity contribution is 6.24. The second-order valence-corrected chi connectivity index (χ2v) is 9.69. The molecule has 34 heavy (non-hydrogen) atoms. The van der Waals surface area contributed by atoms with Crippen LogP contribution in [0.2, 0.25) is 0 Å². The lowest BCUT2D eigenvalue weighted by molar-refractivity contribution is -0.153. The van der Waals surface area contributed by atoms with Crippen LogP contribution in [0.3, 0.4) is 0 Å². The van der Waals surface area contributed by atoms with Crippen molar-refractivity contribution >= 4 is 28.8 Å². The summed E-state index contributed by atoms with van der Waals surface area (Å²) in [7, 11) is 3.13. The number of hydrogen-bond acceptors (Lipinski definition) is 8. The molecule has 3 aliphatic rings. The molecule has 2 unspecified atom stereocenters. The molecule has 0 aliphatic heterocycles. The minimum atomic E-state index is -2.64. The molecule has 1 aromatic carbocycles. The van der Waals surface area contributed by atoms with Crippen LogP contribution >= 0.6 is 0 Å². The zero-order valence-electron chi connectivity index (χ0n) is 19.5. The second kappa shape index (κ2) is 7.54. The molecule has 0 spiro atoms. The van der Waals surface area contributed by atoms with Crippen molar-refractivity contribution < 1.29 is 34.8 Å². The number of primary amides is 1. The maximum absolute atomic E-state index is 13.8. The average Bonchev–Trinajstić information content (AvgIpc) is 2.72. The van der Waals surface area contributed by atoms with Gasteiger partial charge in [-0.2, -0.15) is 0 Å². The van der Waals surface area contributed by atoms with E-state index in [0.717, 1.165) is 5.56 Å². The smallest absolute Gasteiger partial charge is 0.255 e. The zero-order valence-corrected chi connectivity index (χ0v) is 19.5. The summed E-state index contributed by atoms with van der Waals surface area (Å²) in [4.78, 5) is 40.3. The molecule has 4 atom stereocenters. The minimum Gasteiger partial charge on any atom is -0.508 e. The van der Waals surface area contributed by atoms with Gasteiger partial charge in [0.2, 0.25) is 5.78 Å². The van der Waals surface area contributed by atoms with Crippen molar-refractivity contribution in [2.24, 2.45) is 17.6 Å². The molecular weight excluding hydrogens is 440 g/mol. The van der Waals surface area contributed by atoms with E-state index in [0.29, 0.717) is 16.7 Å². The van der Waals surface area contributed by atoms with Crippen LogP contribution in [0.4, 0.5) is 0 Å². The number of Topliss-reactive ketones (excluding diaryl/α,β-unsaturated/α-hetero) is 2. The molecule has 6 N–H and O–H groups in total. The van der Waals surface area contributed by atoms with Crippen LogP contribution in [-0.4, -0.2) is 68.5 Å². The van der Waals surface area contributed by atoms with E-state index in [2.05, 4.69) is 6.58 Å². The number of allylic oxidation sites excluding steroid dienone is 1. The first kappa shape index (κ1) is 23.7. The number of phenols is 1. The molecule has 1 aromatic rings. The Morgan fingerprint density at radius 2 is 1.85 bits per heavy atom. The Hall–Kier alpha value is -3.43. The largest absolute Gasteiger partial charge is 0.508 e. The molecule has 1 fully saturated rings. The molecule has 0 saturated heterocycles. The first-order valence-corrected chi connectivity index (χ1v) is 10.9. The van der Waals surface area contributed by atoms with E-state index < -0.39 is 58.0 Å². The summed E-state index contributed by atoms with van der Waals surface area (Å²) in [6.07, 6.45) is 0.292. The van der Waals surface area contributed by atoms with Crippen LogP contribution in [0.5, 0.6) is 5.75 Å². The fraction of sp³-hybridized carbons (Fsp3) is 0.400. The fourth-order valence-corrected chi connectivity index (χ4v) is 5.83. The lowest BCUT2D eigenvalue weighted by Crippen LogP contribution is -2.65. The quantitative estimate of drug-likeness (QED) is 0.415. The van der Waals surface area contributed by atoms with Crippen molar-refractivity contribution in [2.45, 2.75) is 38.3 Å². The number of carbonyl (C=O) groups is 3. The average molecular weight is 469 g/mol. The van der Waals surface area contributed by atoms with Crippen LogP contribution in [0.15, 0.2) is 29.6 Å². The lowest BCUT2D eigenvalue weighted by atomic mass is 9.57. The summed E-state index contributed by atoms with van der Waals surface area (Å²) >= 11 is 0. The van der Waals surface area contributed by atoms with Gasteiger partial charge in [0, 0.05) is 11.5 Å². The molecule has 1 amide bonds. The molecule has 9 heteroatoms. The number of likely N-dealkylation sites (N-methyl/N-ethyl adjacent to an activating group) is 1. The third-order valence-electron chi connectivity index (χ3n) is 7.37. The molecule has 9 nitrogen and oxygen atoms in total. The molecule has 3 aliphatic carbocycles. The van der Waals surface area contributed by atoms with Crippen molar-refractivity contribution in [1.82, 2.24) is 4.90 Å². The Morgan fingerprint density at radius 3 is 2.38 bits per heavy atom. The van der Waals surface area contributed by atoms with Crippen LogP contribution in [0.25, 0.3) is 11.3 Å². The Morgan fingerprint density at radius 1 is 1.24 bits per heavy atom. The maximum Gasteiger partial charge on any atom is 0.255 e. The number of aliphatic hydroxyl groups is 3. The van der Waals surface area contributed by atoms with Gasteiger partial charge in [-0.3, -0.25) is 19.3 Å². The number of aliphatic hydroxyl groups excluding tert-OH is 2. The summed E-state index contributed by atoms with van der Waals surface area (Å²) in [6, 6.07) is 0.653. The number of nitrogens with zero attached hydrogens (tertiary/aromatic N) is 1. The minimum absolute atomic E-state index is 0.0516. The Balaban J connectivity index is 2.02. The number of carbonyl (C=O) groups excluding carboxylic acids is 3. The number of ketones is 2. The van der Waals surface area contributed by atoms with E-state index in [9.17, 15) is 34.8 Å². The number of fused-ring (bicyclic) bond motifs is 3. The molecule has 0 heterocycles. The number of rotatable bonds is 3. The fourth-order valence-electron chi connectivity index (χ4n) is 5.83. The molecule has 0 radical (unpaired) electrons. The number of aromatic hydroxyl groups is 1. The van der Waals surface area contributed by atoms with Gasteiger partial charge in [-0.15, -0.1) is 0 Å². The zero-order chi connectivity index (χ0) is 25.4. The maximum atomic E-state index is 13.8. The van der Waals surface area contributed by atoms with E-state index in [1.165, 1.54) is 4.90 Å². The number of amides is 1. The summed E-state index contributed by atoms with van der Waals surface area (Å²) in [6.45, 7) is 7.43. The summed E-state index contributed by atoms with van der Waals surface area (Å²) in [5.74, 6) is -6.57. The number of aryl methyl sites for hydroxylation is 1. The van der Waals surface area contributed by atoms with Crippen LogP contribution < -0.4 is 5.73 Å². The molecular formula is C25H28N2O7. The highest BCUT2D eigenvalue weighted by Gasteiger charge is 2.64. The third-order valence-corrected chi connectivity index (χ3v) is 7.37. The second-order valence-electron chi connectivity index (χ2n) is 9.69. The Bertz CT molecular complexity index is 1260. The van der Waals surface area contributed by atoms with E-state index in [4.69, 9.17) is 5.73 Å². The van der Waals surface area contributed by atoms with Crippen molar-refractivity contribution in [3.63, 3.8) is 0 Å². The molecule has 1 saturated carbocycles. The summed E-state index contributed by atoms with van der Waals surface area (Å²) in [5.41, 5.74) is 4.28. The van der Waals surface area contributed by atoms with Gasteiger partial charge in [-0.25, -0.2) is 0 Å². The normalized spacial score (nSPS) is 28.6. The number of hydrogen-bond donors (Lipinski definition) is 5. The van der Waals surface area contributed by atoms with Gasteiger partial charge in [0.15, 0.2) is 11.4 Å². The highest BCUT2D eigenvalue weighted by atomic mass is 16.3. The molecule has 4 rings (SSSR count). The van der Waals surface area contributed by atoms with Crippen LogP contribution in [0, 0.1) is 18.8 Å². The van der Waals surface area contributed by atoms with Gasteiger partial charge in [0.25, 0.3) is 5.91 Å². The van der Waals surface area contributed by atoms with Gasteiger partial charge in [0.1, 0.15) is 22.8 Å². The first-order valence-electron chi connectivity index (χ1n) is 10.9. The summed E-state index contributed by atoms with van der Waals surface area (Å²) in [5, 5.41) is 44.4. The SMILES string of the molecule is C=C(C)c1cc(C)c(O)c2c1CC1CC3[C@H](N(C)C)C(=O)C(C(N)=O)=C(O)[C@@]3(O)C(=O)C1=C2O. The van der Waals surface area contributed by atoms with Crippen LogP contribution in [-0.2, 0) is 20.8 Å². The topological polar surface area (TPSA) is 161 Å². The molecule has 0 aromatic heterocycles. The summed E-state index contributed by atoms with van der Waals surface area (Å²) < 4.78 is 0. The van der Waals surface area contributed by atoms with Gasteiger partial charge < -0.3 is 26.2 Å². The van der Waals surface area contributed by atoms with Gasteiger partial charge in [-0.1, -0.05) is 12.2 Å². The Kier molecular flexibility index (Phi) is 5.26. The van der Waals surface area contributed by atoms with Gasteiger partial charge in [0.05, 0.1) is 11.6 Å². The third kappa shape index (κ3) is 2.90. The first-order chi connectivity index (χ1) is 15.7. The van der Waals surface area contributed by atoms with Gasteiger partial charge >= 0.3 is 0 Å².